The SMILES string of the molecule is CN1CCN(C(=O)c2ccc(N3CCCC3=O)cc2)[C@@H](c2ccccc2)C1. The van der Waals surface area contributed by atoms with E-state index in [1.807, 2.05) is 47.4 Å². The highest BCUT2D eigenvalue weighted by atomic mass is 16.2. The zero-order chi connectivity index (χ0) is 18.8. The van der Waals surface area contributed by atoms with Gasteiger partial charge < -0.3 is 14.7 Å². The van der Waals surface area contributed by atoms with Crippen molar-refractivity contribution in [1.82, 2.24) is 9.80 Å². The van der Waals surface area contributed by atoms with Gasteiger partial charge in [-0.25, -0.2) is 0 Å². The molecule has 1 atom stereocenters. The lowest BCUT2D eigenvalue weighted by molar-refractivity contribution is -0.117. The number of carbonyl (C=O) groups is 2. The number of piperazine rings is 1. The summed E-state index contributed by atoms with van der Waals surface area (Å²) < 4.78 is 0. The number of benzene rings is 2. The van der Waals surface area contributed by atoms with Crippen LogP contribution in [0.1, 0.15) is 34.8 Å². The first-order valence-electron chi connectivity index (χ1n) is 9.58. The van der Waals surface area contributed by atoms with Crippen molar-refractivity contribution >= 4 is 17.5 Å². The molecule has 4 rings (SSSR count). The fraction of sp³-hybridized carbons (Fsp3) is 0.364. The molecule has 2 fully saturated rings. The number of amides is 2. The molecule has 2 heterocycles. The topological polar surface area (TPSA) is 43.9 Å². The minimum Gasteiger partial charge on any atom is -0.329 e. The van der Waals surface area contributed by atoms with Gasteiger partial charge in [0, 0.05) is 43.9 Å². The van der Waals surface area contributed by atoms with Gasteiger partial charge in [-0.05, 0) is 43.3 Å². The molecule has 0 aliphatic carbocycles. The Kier molecular flexibility index (Phi) is 4.94. The molecule has 140 valence electrons. The van der Waals surface area contributed by atoms with Crippen LogP contribution in [0.5, 0.6) is 0 Å². The van der Waals surface area contributed by atoms with E-state index in [9.17, 15) is 9.59 Å². The van der Waals surface area contributed by atoms with Gasteiger partial charge in [0.05, 0.1) is 6.04 Å². The van der Waals surface area contributed by atoms with E-state index in [-0.39, 0.29) is 17.9 Å². The van der Waals surface area contributed by atoms with Gasteiger partial charge in [0.25, 0.3) is 5.91 Å². The largest absolute Gasteiger partial charge is 0.329 e. The third-order valence-electron chi connectivity index (χ3n) is 5.53. The minimum atomic E-state index is 0.0521. The van der Waals surface area contributed by atoms with Crippen molar-refractivity contribution in [3.05, 3.63) is 65.7 Å². The van der Waals surface area contributed by atoms with Crippen LogP contribution >= 0.6 is 0 Å². The van der Waals surface area contributed by atoms with Crippen molar-refractivity contribution in [1.29, 1.82) is 0 Å². The van der Waals surface area contributed by atoms with E-state index in [2.05, 4.69) is 24.1 Å². The average Bonchev–Trinajstić information content (AvgIpc) is 3.14. The maximum atomic E-state index is 13.2. The molecule has 5 nitrogen and oxygen atoms in total. The molecule has 2 aliphatic rings. The summed E-state index contributed by atoms with van der Waals surface area (Å²) in [5, 5.41) is 0. The smallest absolute Gasteiger partial charge is 0.254 e. The number of nitrogens with zero attached hydrogens (tertiary/aromatic N) is 3. The van der Waals surface area contributed by atoms with Gasteiger partial charge in [0.1, 0.15) is 0 Å². The molecule has 2 aromatic rings. The third-order valence-corrected chi connectivity index (χ3v) is 5.53. The number of likely N-dealkylation sites (N-methyl/N-ethyl adjacent to an activating group) is 1. The Balaban J connectivity index is 1.56. The average molecular weight is 363 g/mol. The molecule has 0 bridgehead atoms. The summed E-state index contributed by atoms with van der Waals surface area (Å²) in [7, 11) is 2.10. The van der Waals surface area contributed by atoms with Crippen molar-refractivity contribution in [2.24, 2.45) is 0 Å². The lowest BCUT2D eigenvalue weighted by atomic mass is 10.0. The molecule has 2 aromatic carbocycles. The summed E-state index contributed by atoms with van der Waals surface area (Å²) >= 11 is 0. The summed E-state index contributed by atoms with van der Waals surface area (Å²) in [6, 6.07) is 17.8. The van der Waals surface area contributed by atoms with Crippen LogP contribution in [-0.2, 0) is 4.79 Å². The Morgan fingerprint density at radius 3 is 2.37 bits per heavy atom. The van der Waals surface area contributed by atoms with Crippen molar-refractivity contribution in [3.63, 3.8) is 0 Å². The van der Waals surface area contributed by atoms with Gasteiger partial charge in [-0.15, -0.1) is 0 Å². The Bertz CT molecular complexity index is 819. The van der Waals surface area contributed by atoms with Gasteiger partial charge in [-0.2, -0.15) is 0 Å². The van der Waals surface area contributed by atoms with Gasteiger partial charge in [0.15, 0.2) is 0 Å². The maximum absolute atomic E-state index is 13.2. The molecule has 5 heteroatoms. The molecule has 0 radical (unpaired) electrons. The molecule has 2 aliphatic heterocycles. The van der Waals surface area contributed by atoms with E-state index in [0.717, 1.165) is 37.3 Å². The molecule has 0 N–H and O–H groups in total. The Hall–Kier alpha value is -2.66. The number of hydrogen-bond acceptors (Lipinski definition) is 3. The van der Waals surface area contributed by atoms with E-state index in [0.29, 0.717) is 18.5 Å². The molecule has 2 saturated heterocycles. The van der Waals surface area contributed by atoms with Gasteiger partial charge in [-0.1, -0.05) is 30.3 Å². The fourth-order valence-electron chi connectivity index (χ4n) is 3.99. The molecule has 0 spiro atoms. The molecule has 0 saturated carbocycles. The second-order valence-electron chi connectivity index (χ2n) is 7.38. The van der Waals surface area contributed by atoms with Crippen molar-refractivity contribution in [3.8, 4) is 0 Å². The molecule has 0 unspecified atom stereocenters. The lowest BCUT2D eigenvalue weighted by Gasteiger charge is -2.40. The van der Waals surface area contributed by atoms with Crippen LogP contribution in [0.15, 0.2) is 54.6 Å². The molecular weight excluding hydrogens is 338 g/mol. The van der Waals surface area contributed by atoms with Crippen LogP contribution in [0.2, 0.25) is 0 Å². The minimum absolute atomic E-state index is 0.0521. The number of rotatable bonds is 3. The number of anilines is 1. The summed E-state index contributed by atoms with van der Waals surface area (Å²) in [5.74, 6) is 0.216. The standard InChI is InChI=1S/C22H25N3O2/c1-23-14-15-25(20(16-23)17-6-3-2-4-7-17)22(27)18-9-11-19(12-10-18)24-13-5-8-21(24)26/h2-4,6-7,9-12,20H,5,8,13-16H2,1H3/t20-/m1/s1. The second-order valence-corrected chi connectivity index (χ2v) is 7.38. The summed E-state index contributed by atoms with van der Waals surface area (Å²) in [4.78, 5) is 31.2. The van der Waals surface area contributed by atoms with Crippen LogP contribution in [0.4, 0.5) is 5.69 Å². The lowest BCUT2D eigenvalue weighted by Crippen LogP contribution is -2.49. The quantitative estimate of drug-likeness (QED) is 0.842. The Morgan fingerprint density at radius 2 is 1.70 bits per heavy atom. The van der Waals surface area contributed by atoms with Crippen LogP contribution in [0.3, 0.4) is 0 Å². The van der Waals surface area contributed by atoms with Crippen molar-refractivity contribution in [2.75, 3.05) is 38.1 Å². The van der Waals surface area contributed by atoms with E-state index in [4.69, 9.17) is 0 Å². The first-order chi connectivity index (χ1) is 13.1. The van der Waals surface area contributed by atoms with Crippen LogP contribution < -0.4 is 4.90 Å². The molecular formula is C22H25N3O2. The summed E-state index contributed by atoms with van der Waals surface area (Å²) in [6.45, 7) is 3.17. The first kappa shape index (κ1) is 17.7. The highest BCUT2D eigenvalue weighted by molar-refractivity contribution is 5.97. The summed E-state index contributed by atoms with van der Waals surface area (Å²) in [5.41, 5.74) is 2.72. The zero-order valence-corrected chi connectivity index (χ0v) is 15.7. The van der Waals surface area contributed by atoms with Gasteiger partial charge in [-0.3, -0.25) is 9.59 Å². The first-order valence-corrected chi connectivity index (χ1v) is 9.58. The van der Waals surface area contributed by atoms with Crippen LogP contribution in [-0.4, -0.2) is 54.8 Å². The zero-order valence-electron chi connectivity index (χ0n) is 15.7. The summed E-state index contributed by atoms with van der Waals surface area (Å²) in [6.07, 6.45) is 1.51. The van der Waals surface area contributed by atoms with E-state index in [1.165, 1.54) is 0 Å². The highest BCUT2D eigenvalue weighted by Gasteiger charge is 2.31. The second kappa shape index (κ2) is 7.53. The normalized spacial score (nSPS) is 20.9. The van der Waals surface area contributed by atoms with E-state index < -0.39 is 0 Å². The van der Waals surface area contributed by atoms with Crippen LogP contribution in [0.25, 0.3) is 0 Å². The Morgan fingerprint density at radius 1 is 0.963 bits per heavy atom. The van der Waals surface area contributed by atoms with Gasteiger partial charge >= 0.3 is 0 Å². The van der Waals surface area contributed by atoms with Crippen molar-refractivity contribution < 1.29 is 9.59 Å². The number of carbonyl (C=O) groups excluding carboxylic acids is 2. The maximum Gasteiger partial charge on any atom is 0.254 e. The van der Waals surface area contributed by atoms with E-state index >= 15 is 0 Å². The van der Waals surface area contributed by atoms with E-state index in [1.54, 1.807) is 4.90 Å². The Labute approximate surface area is 160 Å². The molecule has 27 heavy (non-hydrogen) atoms. The third kappa shape index (κ3) is 3.60. The predicted octanol–water partition coefficient (Wildman–Crippen LogP) is 2.94. The number of hydrogen-bond donors (Lipinski definition) is 0. The van der Waals surface area contributed by atoms with Gasteiger partial charge in [0.2, 0.25) is 5.91 Å². The highest BCUT2D eigenvalue weighted by Crippen LogP contribution is 2.28. The molecule has 2 amide bonds. The predicted molar refractivity (Wildman–Crippen MR) is 106 cm³/mol. The fourth-order valence-corrected chi connectivity index (χ4v) is 3.99. The van der Waals surface area contributed by atoms with Crippen molar-refractivity contribution in [2.45, 2.75) is 18.9 Å². The monoisotopic (exact) mass is 363 g/mol. The van der Waals surface area contributed by atoms with Crippen LogP contribution in [0, 0.1) is 0 Å². The molecule has 0 aromatic heterocycles.